The predicted octanol–water partition coefficient (Wildman–Crippen LogP) is 7.19. The quantitative estimate of drug-likeness (QED) is 0.482. The van der Waals surface area contributed by atoms with E-state index in [1.807, 2.05) is 13.8 Å². The Hall–Kier alpha value is -1.12. The molecule has 0 heterocycles. The maximum atomic E-state index is 11.8. The molecule has 0 aromatic carbocycles. The van der Waals surface area contributed by atoms with Crippen LogP contribution in [0.15, 0.2) is 23.3 Å². The van der Waals surface area contributed by atoms with Crippen LogP contribution in [-0.4, -0.2) is 18.2 Å². The van der Waals surface area contributed by atoms with Crippen molar-refractivity contribution < 1.29 is 13.9 Å². The summed E-state index contributed by atoms with van der Waals surface area (Å²) in [5, 5.41) is 0. The fourth-order valence-corrected chi connectivity index (χ4v) is 4.02. The highest BCUT2D eigenvalue weighted by Crippen LogP contribution is 2.36. The molecule has 0 N–H and O–H groups in total. The molecule has 2 saturated carbocycles. The molecule has 0 amide bonds. The molecule has 0 aromatic rings. The first-order valence-corrected chi connectivity index (χ1v) is 10.9. The van der Waals surface area contributed by atoms with E-state index >= 15 is 0 Å². The number of allylic oxidation sites excluding steroid dienone is 3. The summed E-state index contributed by atoms with van der Waals surface area (Å²) in [6, 6.07) is 0. The van der Waals surface area contributed by atoms with Gasteiger partial charge in [0.05, 0.1) is 6.17 Å². The van der Waals surface area contributed by atoms with Gasteiger partial charge >= 0.3 is 5.97 Å². The van der Waals surface area contributed by atoms with Gasteiger partial charge in [-0.3, -0.25) is 4.79 Å². The standard InChI is InChI=1S/C19H30O2.C5H11F/c1-4-19-14(2)7-5-9-17(19)12-11-16-8-6-10-18(13-16)21-15(3)20;1-4(2)5(3)6/h11-12,14,18-19H,4-10,13H2,1-3H3;4-5H,1-3H3/b16-11-,17-12+;/t14-,18+,19?;/m1./s1. The number of hydrogen-bond acceptors (Lipinski definition) is 2. The normalized spacial score (nSPS) is 30.0. The van der Waals surface area contributed by atoms with Gasteiger partial charge in [-0.25, -0.2) is 4.39 Å². The number of halogens is 1. The van der Waals surface area contributed by atoms with Crippen molar-refractivity contribution in [2.24, 2.45) is 17.8 Å². The fraction of sp³-hybridized carbons (Fsp3) is 0.792. The van der Waals surface area contributed by atoms with E-state index in [2.05, 4.69) is 26.0 Å². The minimum atomic E-state index is -0.648. The summed E-state index contributed by atoms with van der Waals surface area (Å²) in [7, 11) is 0. The Balaban J connectivity index is 0.000000527. The van der Waals surface area contributed by atoms with E-state index in [9.17, 15) is 9.18 Å². The zero-order valence-corrected chi connectivity index (χ0v) is 18.4. The van der Waals surface area contributed by atoms with E-state index in [1.54, 1.807) is 12.5 Å². The van der Waals surface area contributed by atoms with Gasteiger partial charge in [0.25, 0.3) is 0 Å². The Kier molecular flexibility index (Phi) is 10.9. The molecule has 2 rings (SSSR count). The van der Waals surface area contributed by atoms with E-state index in [0.29, 0.717) is 0 Å². The molecule has 0 radical (unpaired) electrons. The zero-order chi connectivity index (χ0) is 20.4. The molecule has 2 aliphatic carbocycles. The average molecular weight is 381 g/mol. The molecule has 27 heavy (non-hydrogen) atoms. The van der Waals surface area contributed by atoms with Gasteiger partial charge in [-0.15, -0.1) is 0 Å². The number of carbonyl (C=O) groups excluding carboxylic acids is 1. The lowest BCUT2D eigenvalue weighted by Gasteiger charge is -2.31. The van der Waals surface area contributed by atoms with E-state index in [-0.39, 0.29) is 18.0 Å². The number of hydrogen-bond donors (Lipinski definition) is 0. The minimum absolute atomic E-state index is 0.105. The predicted molar refractivity (Wildman–Crippen MR) is 112 cm³/mol. The second kappa shape index (κ2) is 12.4. The van der Waals surface area contributed by atoms with Crippen LogP contribution in [-0.2, 0) is 9.53 Å². The zero-order valence-electron chi connectivity index (χ0n) is 18.4. The summed E-state index contributed by atoms with van der Waals surface area (Å²) in [6.45, 7) is 11.5. The van der Waals surface area contributed by atoms with Crippen molar-refractivity contribution >= 4 is 5.97 Å². The van der Waals surface area contributed by atoms with Crippen LogP contribution in [0.5, 0.6) is 0 Å². The van der Waals surface area contributed by atoms with Gasteiger partial charge < -0.3 is 4.74 Å². The van der Waals surface area contributed by atoms with Crippen LogP contribution in [0.4, 0.5) is 4.39 Å². The lowest BCUT2D eigenvalue weighted by Crippen LogP contribution is -2.20. The Morgan fingerprint density at radius 2 is 1.81 bits per heavy atom. The Morgan fingerprint density at radius 3 is 2.37 bits per heavy atom. The third-order valence-electron chi connectivity index (χ3n) is 6.03. The molecule has 156 valence electrons. The summed E-state index contributed by atoms with van der Waals surface area (Å²) >= 11 is 0. The Morgan fingerprint density at radius 1 is 1.19 bits per heavy atom. The van der Waals surface area contributed by atoms with Gasteiger partial charge in [0, 0.05) is 13.3 Å². The second-order valence-corrected chi connectivity index (χ2v) is 8.70. The van der Waals surface area contributed by atoms with Crippen LogP contribution < -0.4 is 0 Å². The summed E-state index contributed by atoms with van der Waals surface area (Å²) in [5.41, 5.74) is 3.09. The van der Waals surface area contributed by atoms with Gasteiger partial charge in [-0.1, -0.05) is 51.0 Å². The topological polar surface area (TPSA) is 26.3 Å². The van der Waals surface area contributed by atoms with Crippen LogP contribution in [0.3, 0.4) is 0 Å². The maximum Gasteiger partial charge on any atom is 0.302 e. The lowest BCUT2D eigenvalue weighted by atomic mass is 9.75. The molecule has 2 unspecified atom stereocenters. The highest BCUT2D eigenvalue weighted by atomic mass is 19.1. The number of alkyl halides is 1. The molecule has 2 fully saturated rings. The van der Waals surface area contributed by atoms with Crippen molar-refractivity contribution in [3.8, 4) is 0 Å². The summed E-state index contributed by atoms with van der Waals surface area (Å²) in [4.78, 5) is 11.1. The minimum Gasteiger partial charge on any atom is -0.462 e. The van der Waals surface area contributed by atoms with Crippen LogP contribution in [0.1, 0.15) is 92.9 Å². The van der Waals surface area contributed by atoms with Crippen LogP contribution >= 0.6 is 0 Å². The van der Waals surface area contributed by atoms with Gasteiger partial charge in [0.2, 0.25) is 0 Å². The van der Waals surface area contributed by atoms with E-state index in [1.165, 1.54) is 38.2 Å². The third-order valence-corrected chi connectivity index (χ3v) is 6.03. The van der Waals surface area contributed by atoms with Crippen molar-refractivity contribution in [2.75, 3.05) is 0 Å². The monoisotopic (exact) mass is 380 g/mol. The van der Waals surface area contributed by atoms with Gasteiger partial charge in [-0.2, -0.15) is 0 Å². The molecule has 3 heteroatoms. The largest absolute Gasteiger partial charge is 0.462 e. The van der Waals surface area contributed by atoms with Crippen molar-refractivity contribution in [3.63, 3.8) is 0 Å². The first-order chi connectivity index (χ1) is 12.7. The average Bonchev–Trinajstić information content (AvgIpc) is 2.60. The number of carbonyl (C=O) groups is 1. The van der Waals surface area contributed by atoms with Crippen molar-refractivity contribution in [3.05, 3.63) is 23.3 Å². The maximum absolute atomic E-state index is 11.8. The molecular weight excluding hydrogens is 339 g/mol. The van der Waals surface area contributed by atoms with Gasteiger partial charge in [-0.05, 0) is 69.6 Å². The second-order valence-electron chi connectivity index (χ2n) is 8.70. The number of rotatable bonds is 4. The van der Waals surface area contributed by atoms with E-state index in [4.69, 9.17) is 4.74 Å². The molecule has 2 aliphatic rings. The van der Waals surface area contributed by atoms with E-state index < -0.39 is 6.17 Å². The molecule has 0 bridgehead atoms. The van der Waals surface area contributed by atoms with Gasteiger partial charge in [0.1, 0.15) is 6.10 Å². The SMILES string of the molecule is CC(C)C(C)F.CCC1/C(=C/C=C2/CCC[C@H](OC(C)=O)C2)CCC[C@H]1C. The van der Waals surface area contributed by atoms with Crippen LogP contribution in [0.25, 0.3) is 0 Å². The number of esters is 1. The molecule has 2 nitrogen and oxygen atoms in total. The lowest BCUT2D eigenvalue weighted by molar-refractivity contribution is -0.147. The smallest absolute Gasteiger partial charge is 0.302 e. The van der Waals surface area contributed by atoms with Crippen LogP contribution in [0.2, 0.25) is 0 Å². The van der Waals surface area contributed by atoms with Gasteiger partial charge in [0.15, 0.2) is 0 Å². The highest BCUT2D eigenvalue weighted by Gasteiger charge is 2.24. The van der Waals surface area contributed by atoms with Crippen molar-refractivity contribution in [1.82, 2.24) is 0 Å². The van der Waals surface area contributed by atoms with Crippen molar-refractivity contribution in [1.29, 1.82) is 0 Å². The number of ether oxygens (including phenoxy) is 1. The van der Waals surface area contributed by atoms with Crippen LogP contribution in [0, 0.1) is 17.8 Å². The van der Waals surface area contributed by atoms with E-state index in [0.717, 1.165) is 37.5 Å². The molecule has 0 aliphatic heterocycles. The summed E-state index contributed by atoms with van der Waals surface area (Å²) < 4.78 is 17.2. The molecular formula is C24H41FO2. The highest BCUT2D eigenvalue weighted by molar-refractivity contribution is 5.66. The first-order valence-electron chi connectivity index (χ1n) is 10.9. The fourth-order valence-electron chi connectivity index (χ4n) is 4.02. The summed E-state index contributed by atoms with van der Waals surface area (Å²) in [5.74, 6) is 1.63. The Labute approximate surface area is 166 Å². The molecule has 0 saturated heterocycles. The Bertz CT molecular complexity index is 499. The molecule has 0 spiro atoms. The van der Waals surface area contributed by atoms with Crippen molar-refractivity contribution in [2.45, 2.75) is 105 Å². The molecule has 0 aromatic heterocycles. The molecule has 4 atom stereocenters. The first kappa shape index (κ1) is 23.9. The third kappa shape index (κ3) is 9.08. The summed E-state index contributed by atoms with van der Waals surface area (Å²) in [6.07, 6.45) is 13.6.